The zero-order valence-electron chi connectivity index (χ0n) is 9.04. The molecule has 0 unspecified atom stereocenters. The summed E-state index contributed by atoms with van der Waals surface area (Å²) < 4.78 is 0. The highest BCUT2D eigenvalue weighted by molar-refractivity contribution is 5.34. The normalized spacial score (nSPS) is 11.4. The zero-order chi connectivity index (χ0) is 10.6. The summed E-state index contributed by atoms with van der Waals surface area (Å²) in [6.07, 6.45) is 1.56. The molecular formula is C10H18N4. The van der Waals surface area contributed by atoms with Gasteiger partial charge in [0.2, 0.25) is 0 Å². The summed E-state index contributed by atoms with van der Waals surface area (Å²) in [5.41, 5.74) is 6.69. The Bertz CT molecular complexity index is 296. The van der Waals surface area contributed by atoms with Crippen molar-refractivity contribution >= 4 is 5.82 Å². The van der Waals surface area contributed by atoms with Gasteiger partial charge in [0.25, 0.3) is 0 Å². The number of aryl methyl sites for hydroxylation is 1. The van der Waals surface area contributed by atoms with Gasteiger partial charge in [-0.2, -0.15) is 0 Å². The molecule has 3 N–H and O–H groups in total. The van der Waals surface area contributed by atoms with E-state index >= 15 is 0 Å². The summed E-state index contributed by atoms with van der Waals surface area (Å²) in [5, 5.41) is 3.25. The molecule has 0 saturated carbocycles. The fraction of sp³-hybridized carbons (Fsp3) is 0.600. The number of hydrogen-bond donors (Lipinski definition) is 2. The van der Waals surface area contributed by atoms with Crippen LogP contribution >= 0.6 is 0 Å². The van der Waals surface area contributed by atoms with Gasteiger partial charge in [-0.15, -0.1) is 0 Å². The third-order valence-corrected chi connectivity index (χ3v) is 2.10. The third-order valence-electron chi connectivity index (χ3n) is 2.10. The highest BCUT2D eigenvalue weighted by atomic mass is 15.0. The van der Waals surface area contributed by atoms with E-state index in [-0.39, 0.29) is 5.41 Å². The standard InChI is InChI=1S/C10H18N4/c1-8-4-9(14-7-13-8)12-6-10(2,3)5-11/h4,7H,5-6,11H2,1-3H3,(H,12,13,14). The molecule has 0 saturated heterocycles. The Kier molecular flexibility index (Phi) is 3.41. The van der Waals surface area contributed by atoms with Gasteiger partial charge in [-0.3, -0.25) is 0 Å². The quantitative estimate of drug-likeness (QED) is 0.755. The largest absolute Gasteiger partial charge is 0.369 e. The molecule has 0 radical (unpaired) electrons. The van der Waals surface area contributed by atoms with Crippen molar-refractivity contribution in [3.8, 4) is 0 Å². The molecule has 14 heavy (non-hydrogen) atoms. The maximum Gasteiger partial charge on any atom is 0.129 e. The fourth-order valence-corrected chi connectivity index (χ4v) is 0.953. The first kappa shape index (κ1) is 10.9. The van der Waals surface area contributed by atoms with E-state index < -0.39 is 0 Å². The van der Waals surface area contributed by atoms with Gasteiger partial charge in [0.1, 0.15) is 12.1 Å². The predicted molar refractivity (Wildman–Crippen MR) is 58.1 cm³/mol. The molecule has 0 spiro atoms. The smallest absolute Gasteiger partial charge is 0.129 e. The highest BCUT2D eigenvalue weighted by Gasteiger charge is 2.14. The Labute approximate surface area is 85.0 Å². The lowest BCUT2D eigenvalue weighted by Crippen LogP contribution is -2.31. The van der Waals surface area contributed by atoms with Crippen molar-refractivity contribution in [2.75, 3.05) is 18.4 Å². The number of aromatic nitrogens is 2. The van der Waals surface area contributed by atoms with E-state index in [4.69, 9.17) is 5.73 Å². The molecule has 0 aromatic carbocycles. The van der Waals surface area contributed by atoms with Gasteiger partial charge in [-0.25, -0.2) is 9.97 Å². The molecule has 0 aliphatic heterocycles. The number of nitrogens with zero attached hydrogens (tertiary/aromatic N) is 2. The summed E-state index contributed by atoms with van der Waals surface area (Å²) >= 11 is 0. The van der Waals surface area contributed by atoms with Gasteiger partial charge in [-0.1, -0.05) is 13.8 Å². The van der Waals surface area contributed by atoms with Gasteiger partial charge in [-0.05, 0) is 18.9 Å². The minimum atomic E-state index is 0.0961. The SMILES string of the molecule is Cc1cc(NCC(C)(C)CN)ncn1. The van der Waals surface area contributed by atoms with Crippen LogP contribution in [-0.2, 0) is 0 Å². The Morgan fingerprint density at radius 2 is 2.14 bits per heavy atom. The fourth-order valence-electron chi connectivity index (χ4n) is 0.953. The van der Waals surface area contributed by atoms with E-state index in [2.05, 4.69) is 29.1 Å². The van der Waals surface area contributed by atoms with Crippen LogP contribution in [0.2, 0.25) is 0 Å². The van der Waals surface area contributed by atoms with Crippen LogP contribution in [-0.4, -0.2) is 23.1 Å². The highest BCUT2D eigenvalue weighted by Crippen LogP contribution is 2.13. The Morgan fingerprint density at radius 1 is 1.43 bits per heavy atom. The van der Waals surface area contributed by atoms with Crippen LogP contribution in [0.4, 0.5) is 5.82 Å². The van der Waals surface area contributed by atoms with Gasteiger partial charge in [0.15, 0.2) is 0 Å². The van der Waals surface area contributed by atoms with Crippen molar-refractivity contribution in [3.63, 3.8) is 0 Å². The molecule has 0 bridgehead atoms. The number of nitrogens with two attached hydrogens (primary N) is 1. The van der Waals surface area contributed by atoms with E-state index in [0.29, 0.717) is 6.54 Å². The van der Waals surface area contributed by atoms with Crippen LogP contribution in [0.5, 0.6) is 0 Å². The number of rotatable bonds is 4. The number of anilines is 1. The summed E-state index contributed by atoms with van der Waals surface area (Å²) in [6.45, 7) is 7.66. The van der Waals surface area contributed by atoms with E-state index in [0.717, 1.165) is 18.1 Å². The lowest BCUT2D eigenvalue weighted by atomic mass is 9.94. The van der Waals surface area contributed by atoms with Crippen LogP contribution in [0.1, 0.15) is 19.5 Å². The van der Waals surface area contributed by atoms with Crippen molar-refractivity contribution < 1.29 is 0 Å². The Balaban J connectivity index is 2.54. The Morgan fingerprint density at radius 3 is 2.71 bits per heavy atom. The number of nitrogens with one attached hydrogen (secondary N) is 1. The van der Waals surface area contributed by atoms with Crippen molar-refractivity contribution in [2.45, 2.75) is 20.8 Å². The van der Waals surface area contributed by atoms with Crippen LogP contribution < -0.4 is 11.1 Å². The van der Waals surface area contributed by atoms with Crippen LogP contribution in [0.3, 0.4) is 0 Å². The molecule has 0 amide bonds. The summed E-state index contributed by atoms with van der Waals surface area (Å²) in [4.78, 5) is 8.14. The first-order valence-electron chi connectivity index (χ1n) is 4.76. The van der Waals surface area contributed by atoms with Crippen molar-refractivity contribution in [3.05, 3.63) is 18.1 Å². The predicted octanol–water partition coefficient (Wildman–Crippen LogP) is 1.18. The van der Waals surface area contributed by atoms with Gasteiger partial charge in [0.05, 0.1) is 0 Å². The molecule has 0 aliphatic rings. The molecule has 4 nitrogen and oxygen atoms in total. The van der Waals surface area contributed by atoms with Gasteiger partial charge >= 0.3 is 0 Å². The minimum absolute atomic E-state index is 0.0961. The second-order valence-electron chi connectivity index (χ2n) is 4.27. The van der Waals surface area contributed by atoms with Gasteiger partial charge < -0.3 is 11.1 Å². The molecule has 1 aromatic rings. The summed E-state index contributed by atoms with van der Waals surface area (Å²) in [5.74, 6) is 0.860. The maximum absolute atomic E-state index is 5.63. The zero-order valence-corrected chi connectivity index (χ0v) is 9.04. The second-order valence-corrected chi connectivity index (χ2v) is 4.27. The van der Waals surface area contributed by atoms with Crippen molar-refractivity contribution in [1.82, 2.24) is 9.97 Å². The molecule has 1 heterocycles. The lowest BCUT2D eigenvalue weighted by Gasteiger charge is -2.22. The lowest BCUT2D eigenvalue weighted by molar-refractivity contribution is 0.405. The molecule has 0 atom stereocenters. The average molecular weight is 194 g/mol. The van der Waals surface area contributed by atoms with Crippen LogP contribution in [0.15, 0.2) is 12.4 Å². The summed E-state index contributed by atoms with van der Waals surface area (Å²) in [7, 11) is 0. The molecule has 0 aliphatic carbocycles. The minimum Gasteiger partial charge on any atom is -0.369 e. The first-order valence-corrected chi connectivity index (χ1v) is 4.76. The Hall–Kier alpha value is -1.16. The average Bonchev–Trinajstić information content (AvgIpc) is 2.15. The molecule has 1 rings (SSSR count). The molecular weight excluding hydrogens is 176 g/mol. The molecule has 1 aromatic heterocycles. The van der Waals surface area contributed by atoms with Crippen molar-refractivity contribution in [2.24, 2.45) is 11.1 Å². The number of hydrogen-bond acceptors (Lipinski definition) is 4. The van der Waals surface area contributed by atoms with Crippen molar-refractivity contribution in [1.29, 1.82) is 0 Å². The molecule has 0 fully saturated rings. The van der Waals surface area contributed by atoms with Crippen LogP contribution in [0.25, 0.3) is 0 Å². The molecule has 4 heteroatoms. The monoisotopic (exact) mass is 194 g/mol. The van der Waals surface area contributed by atoms with Crippen LogP contribution in [0, 0.1) is 12.3 Å². The van der Waals surface area contributed by atoms with E-state index in [1.165, 1.54) is 0 Å². The first-order chi connectivity index (χ1) is 6.53. The second kappa shape index (κ2) is 4.37. The third kappa shape index (κ3) is 3.30. The maximum atomic E-state index is 5.63. The summed E-state index contributed by atoms with van der Waals surface area (Å²) in [6, 6.07) is 1.92. The molecule has 78 valence electrons. The van der Waals surface area contributed by atoms with E-state index in [1.54, 1.807) is 6.33 Å². The van der Waals surface area contributed by atoms with Gasteiger partial charge in [0, 0.05) is 18.3 Å². The van der Waals surface area contributed by atoms with E-state index in [1.807, 2.05) is 13.0 Å². The van der Waals surface area contributed by atoms with E-state index in [9.17, 15) is 0 Å². The topological polar surface area (TPSA) is 63.8 Å².